The molecule has 0 saturated carbocycles. The third kappa shape index (κ3) is 2.26. The van der Waals surface area contributed by atoms with Crippen molar-refractivity contribution in [1.82, 2.24) is 9.55 Å². The Kier molecular flexibility index (Phi) is 3.43. The summed E-state index contributed by atoms with van der Waals surface area (Å²) in [7, 11) is 0. The molecule has 5 nitrogen and oxygen atoms in total. The van der Waals surface area contributed by atoms with E-state index < -0.39 is 0 Å². The predicted octanol–water partition coefficient (Wildman–Crippen LogP) is 2.92. The highest BCUT2D eigenvalue weighted by Crippen LogP contribution is 2.34. The Hall–Kier alpha value is -2.18. The van der Waals surface area contributed by atoms with Crippen LogP contribution in [-0.4, -0.2) is 9.55 Å². The van der Waals surface area contributed by atoms with Crippen LogP contribution in [0.25, 0.3) is 15.9 Å². The summed E-state index contributed by atoms with van der Waals surface area (Å²) in [5.74, 6) is 6.02. The summed E-state index contributed by atoms with van der Waals surface area (Å²) in [6.45, 7) is 2.00. The van der Waals surface area contributed by atoms with Crippen molar-refractivity contribution in [3.8, 4) is 5.69 Å². The number of nitrogens with one attached hydrogen (secondary N) is 1. The van der Waals surface area contributed by atoms with Crippen molar-refractivity contribution in [2.24, 2.45) is 5.84 Å². The minimum absolute atomic E-state index is 0.0343. The Morgan fingerprint density at radius 1 is 1.30 bits per heavy atom. The number of benzene rings is 1. The average Bonchev–Trinajstić information content (AvgIpc) is 2.93. The summed E-state index contributed by atoms with van der Waals surface area (Å²) >= 11 is 1.63. The van der Waals surface area contributed by atoms with Crippen molar-refractivity contribution in [1.29, 1.82) is 0 Å². The quantitative estimate of drug-likeness (QED) is 0.561. The van der Waals surface area contributed by atoms with E-state index in [0.717, 1.165) is 40.7 Å². The number of hydrogen-bond donors (Lipinski definition) is 2. The van der Waals surface area contributed by atoms with E-state index in [1.165, 1.54) is 16.9 Å². The fraction of sp³-hybridized carbons (Fsp3) is 0.294. The van der Waals surface area contributed by atoms with Gasteiger partial charge in [0, 0.05) is 4.88 Å². The first-order valence-corrected chi connectivity index (χ1v) is 8.61. The third-order valence-corrected chi connectivity index (χ3v) is 5.56. The van der Waals surface area contributed by atoms with Gasteiger partial charge in [0.15, 0.2) is 0 Å². The SMILES string of the molecule is Cc1cccc(-n2c(NN)nc3sc4c(c3c2=O)CCCC4)c1. The van der Waals surface area contributed by atoms with Crippen LogP contribution in [0.15, 0.2) is 29.1 Å². The zero-order chi connectivity index (χ0) is 16.0. The molecular weight excluding hydrogens is 308 g/mol. The molecule has 118 valence electrons. The van der Waals surface area contributed by atoms with Crippen LogP contribution in [0, 0.1) is 6.92 Å². The summed E-state index contributed by atoms with van der Waals surface area (Å²) in [5.41, 5.74) is 5.62. The van der Waals surface area contributed by atoms with E-state index >= 15 is 0 Å². The second kappa shape index (κ2) is 5.47. The molecule has 23 heavy (non-hydrogen) atoms. The normalized spacial score (nSPS) is 14.0. The van der Waals surface area contributed by atoms with Gasteiger partial charge in [0.25, 0.3) is 5.56 Å². The van der Waals surface area contributed by atoms with E-state index in [0.29, 0.717) is 5.95 Å². The fourth-order valence-corrected chi connectivity index (χ4v) is 4.56. The van der Waals surface area contributed by atoms with Crippen molar-refractivity contribution in [3.63, 3.8) is 0 Å². The minimum atomic E-state index is -0.0343. The molecule has 6 heteroatoms. The number of aryl methyl sites for hydroxylation is 3. The smallest absolute Gasteiger partial charge is 0.268 e. The Morgan fingerprint density at radius 3 is 2.91 bits per heavy atom. The Morgan fingerprint density at radius 2 is 2.13 bits per heavy atom. The number of aromatic nitrogens is 2. The van der Waals surface area contributed by atoms with E-state index in [9.17, 15) is 4.79 Å². The number of thiophene rings is 1. The molecule has 1 aliphatic carbocycles. The highest BCUT2D eigenvalue weighted by Gasteiger charge is 2.22. The lowest BCUT2D eigenvalue weighted by molar-refractivity contribution is 0.699. The molecule has 0 bridgehead atoms. The molecule has 1 aromatic carbocycles. The van der Waals surface area contributed by atoms with Gasteiger partial charge in [-0.05, 0) is 55.9 Å². The molecule has 0 unspecified atom stereocenters. The largest absolute Gasteiger partial charge is 0.293 e. The van der Waals surface area contributed by atoms with Crippen LogP contribution in [0.3, 0.4) is 0 Å². The van der Waals surface area contributed by atoms with Crippen molar-refractivity contribution in [2.45, 2.75) is 32.6 Å². The Bertz CT molecular complexity index is 957. The summed E-state index contributed by atoms with van der Waals surface area (Å²) in [5, 5.41) is 0.769. The minimum Gasteiger partial charge on any atom is -0.293 e. The maximum Gasteiger partial charge on any atom is 0.268 e. The van der Waals surface area contributed by atoms with Crippen molar-refractivity contribution >= 4 is 27.5 Å². The number of fused-ring (bicyclic) bond motifs is 3. The van der Waals surface area contributed by atoms with Crippen molar-refractivity contribution in [3.05, 3.63) is 50.6 Å². The van der Waals surface area contributed by atoms with Crippen molar-refractivity contribution < 1.29 is 0 Å². The average molecular weight is 326 g/mol. The molecule has 0 aliphatic heterocycles. The first-order chi connectivity index (χ1) is 11.2. The Labute approximate surface area is 137 Å². The van der Waals surface area contributed by atoms with Crippen LogP contribution in [0.5, 0.6) is 0 Å². The molecule has 0 spiro atoms. The molecule has 2 heterocycles. The van der Waals surface area contributed by atoms with Gasteiger partial charge in [-0.15, -0.1) is 11.3 Å². The highest BCUT2D eigenvalue weighted by molar-refractivity contribution is 7.18. The number of anilines is 1. The first-order valence-electron chi connectivity index (χ1n) is 7.80. The third-order valence-electron chi connectivity index (χ3n) is 4.38. The first kappa shape index (κ1) is 14.4. The van der Waals surface area contributed by atoms with Gasteiger partial charge in [0.1, 0.15) is 4.83 Å². The van der Waals surface area contributed by atoms with Crippen molar-refractivity contribution in [2.75, 3.05) is 5.43 Å². The van der Waals surface area contributed by atoms with Gasteiger partial charge < -0.3 is 0 Å². The topological polar surface area (TPSA) is 72.9 Å². The molecule has 0 fully saturated rings. The lowest BCUT2D eigenvalue weighted by atomic mass is 9.97. The lowest BCUT2D eigenvalue weighted by Gasteiger charge is -2.13. The predicted molar refractivity (Wildman–Crippen MR) is 94.4 cm³/mol. The molecule has 0 saturated heterocycles. The summed E-state index contributed by atoms with van der Waals surface area (Å²) in [6, 6.07) is 7.81. The molecule has 0 radical (unpaired) electrons. The molecule has 0 amide bonds. The number of hydrogen-bond acceptors (Lipinski definition) is 5. The maximum atomic E-state index is 13.2. The van der Waals surface area contributed by atoms with Gasteiger partial charge in [-0.1, -0.05) is 12.1 Å². The highest BCUT2D eigenvalue weighted by atomic mass is 32.1. The molecule has 0 atom stereocenters. The summed E-state index contributed by atoms with van der Waals surface area (Å²) in [6.07, 6.45) is 4.34. The van der Waals surface area contributed by atoms with Crippen LogP contribution in [0.2, 0.25) is 0 Å². The van der Waals surface area contributed by atoms with Crippen LogP contribution < -0.4 is 16.8 Å². The number of nitrogen functional groups attached to an aromatic ring is 1. The molecule has 3 N–H and O–H groups in total. The zero-order valence-electron chi connectivity index (χ0n) is 12.9. The molecule has 3 aromatic rings. The maximum absolute atomic E-state index is 13.2. The molecule has 1 aliphatic rings. The van der Waals surface area contributed by atoms with E-state index in [-0.39, 0.29) is 5.56 Å². The van der Waals surface area contributed by atoms with Crippen LogP contribution in [-0.2, 0) is 12.8 Å². The fourth-order valence-electron chi connectivity index (χ4n) is 3.31. The van der Waals surface area contributed by atoms with Gasteiger partial charge in [0.05, 0.1) is 11.1 Å². The van der Waals surface area contributed by atoms with Gasteiger partial charge in [-0.25, -0.2) is 15.4 Å². The standard InChI is InChI=1S/C17H18N4OS/c1-10-5-4-6-11(9-10)21-16(22)14-12-7-2-3-8-13(12)23-15(14)19-17(21)20-18/h4-6,9H,2-3,7-8,18H2,1H3,(H,19,20). The van der Waals surface area contributed by atoms with Crippen LogP contribution in [0.4, 0.5) is 5.95 Å². The van der Waals surface area contributed by atoms with Gasteiger partial charge in [0.2, 0.25) is 5.95 Å². The molecule has 2 aromatic heterocycles. The van der Waals surface area contributed by atoms with Gasteiger partial charge in [-0.3, -0.25) is 10.2 Å². The summed E-state index contributed by atoms with van der Waals surface area (Å²) < 4.78 is 1.58. The van der Waals surface area contributed by atoms with Gasteiger partial charge in [-0.2, -0.15) is 0 Å². The number of nitrogens with zero attached hydrogens (tertiary/aromatic N) is 2. The number of hydrazine groups is 1. The Balaban J connectivity index is 2.07. The monoisotopic (exact) mass is 326 g/mol. The second-order valence-electron chi connectivity index (χ2n) is 5.95. The summed E-state index contributed by atoms with van der Waals surface area (Å²) in [4.78, 5) is 19.9. The van der Waals surface area contributed by atoms with Crippen LogP contribution >= 0.6 is 11.3 Å². The molecule has 4 rings (SSSR count). The van der Waals surface area contributed by atoms with Gasteiger partial charge >= 0.3 is 0 Å². The number of rotatable bonds is 2. The van der Waals surface area contributed by atoms with E-state index in [1.54, 1.807) is 15.9 Å². The van der Waals surface area contributed by atoms with E-state index in [1.807, 2.05) is 31.2 Å². The van der Waals surface area contributed by atoms with E-state index in [2.05, 4.69) is 10.4 Å². The number of nitrogens with two attached hydrogens (primary N) is 1. The zero-order valence-corrected chi connectivity index (χ0v) is 13.7. The second-order valence-corrected chi connectivity index (χ2v) is 7.03. The lowest BCUT2D eigenvalue weighted by Crippen LogP contribution is -2.26. The molecular formula is C17H18N4OS. The van der Waals surface area contributed by atoms with E-state index in [4.69, 9.17) is 5.84 Å². The van der Waals surface area contributed by atoms with Crippen LogP contribution in [0.1, 0.15) is 28.8 Å².